The molecule has 0 aromatic heterocycles. The molecular formula is C24H30N2O2. The minimum absolute atomic E-state index is 0.0337. The number of piperidine rings is 1. The zero-order chi connectivity index (χ0) is 19.9. The Morgan fingerprint density at radius 2 is 1.71 bits per heavy atom. The highest BCUT2D eigenvalue weighted by Gasteiger charge is 2.34. The topological polar surface area (TPSA) is 49.4 Å². The molecule has 2 aromatic carbocycles. The fourth-order valence-electron chi connectivity index (χ4n) is 3.97. The van der Waals surface area contributed by atoms with E-state index in [1.54, 1.807) is 6.92 Å². The number of aryl methyl sites for hydroxylation is 1. The van der Waals surface area contributed by atoms with Crippen LogP contribution in [0.1, 0.15) is 49.4 Å². The molecule has 1 N–H and O–H groups in total. The molecule has 0 spiro atoms. The quantitative estimate of drug-likeness (QED) is 0.829. The Balaban J connectivity index is 1.58. The molecule has 1 heterocycles. The van der Waals surface area contributed by atoms with Gasteiger partial charge in [-0.05, 0) is 42.4 Å². The van der Waals surface area contributed by atoms with Gasteiger partial charge in [-0.3, -0.25) is 9.59 Å². The number of hydrogen-bond donors (Lipinski definition) is 1. The van der Waals surface area contributed by atoms with E-state index in [1.807, 2.05) is 23.1 Å². The van der Waals surface area contributed by atoms with Crippen molar-refractivity contribution in [3.63, 3.8) is 0 Å². The fourth-order valence-corrected chi connectivity index (χ4v) is 3.97. The molecule has 2 aromatic rings. The summed E-state index contributed by atoms with van der Waals surface area (Å²) in [6.07, 6.45) is 3.46. The lowest BCUT2D eigenvalue weighted by Gasteiger charge is -2.39. The van der Waals surface area contributed by atoms with Crippen molar-refractivity contribution >= 4 is 11.8 Å². The summed E-state index contributed by atoms with van der Waals surface area (Å²) in [5.74, 6) is -0.0424. The monoisotopic (exact) mass is 378 g/mol. The molecule has 0 radical (unpaired) electrons. The zero-order valence-corrected chi connectivity index (χ0v) is 16.9. The largest absolute Gasteiger partial charge is 0.355 e. The van der Waals surface area contributed by atoms with Gasteiger partial charge in [0.15, 0.2) is 0 Å². The molecule has 2 atom stereocenters. The van der Waals surface area contributed by atoms with Crippen LogP contribution >= 0.6 is 0 Å². The standard InChI is InChI=1S/C24H30N2O2/c1-3-19-9-11-21(12-10-19)23-14-13-22(17-26(23)18(2)27)24(28)25-16-15-20-7-5-4-6-8-20/h4-12,22-23H,3,13-17H2,1-2H3,(H,25,28)/t22-,23+/m0/s1. The zero-order valence-electron chi connectivity index (χ0n) is 16.9. The molecule has 28 heavy (non-hydrogen) atoms. The van der Waals surface area contributed by atoms with Crippen LogP contribution in [0.4, 0.5) is 0 Å². The number of nitrogens with one attached hydrogen (secondary N) is 1. The van der Waals surface area contributed by atoms with E-state index in [-0.39, 0.29) is 23.8 Å². The van der Waals surface area contributed by atoms with E-state index in [4.69, 9.17) is 0 Å². The first-order valence-electron chi connectivity index (χ1n) is 10.3. The predicted octanol–water partition coefficient (Wildman–Crippen LogP) is 3.91. The minimum atomic E-state index is -0.133. The minimum Gasteiger partial charge on any atom is -0.355 e. The number of rotatable bonds is 6. The molecule has 2 amide bonds. The Bertz CT molecular complexity index is 786. The predicted molar refractivity (Wildman–Crippen MR) is 112 cm³/mol. The van der Waals surface area contributed by atoms with Crippen molar-refractivity contribution < 1.29 is 9.59 Å². The summed E-state index contributed by atoms with van der Waals surface area (Å²) in [6, 6.07) is 18.7. The number of benzene rings is 2. The molecular weight excluding hydrogens is 348 g/mol. The van der Waals surface area contributed by atoms with Gasteiger partial charge in [0.25, 0.3) is 0 Å². The van der Waals surface area contributed by atoms with Crippen LogP contribution in [-0.2, 0) is 22.4 Å². The molecule has 0 saturated carbocycles. The Labute approximate surface area is 167 Å². The molecule has 1 aliphatic heterocycles. The second kappa shape index (κ2) is 9.54. The summed E-state index contributed by atoms with van der Waals surface area (Å²) >= 11 is 0. The van der Waals surface area contributed by atoms with Crippen LogP contribution in [0, 0.1) is 5.92 Å². The first kappa shape index (κ1) is 20.1. The lowest BCUT2D eigenvalue weighted by Crippen LogP contribution is -2.46. The van der Waals surface area contributed by atoms with Gasteiger partial charge in [-0.1, -0.05) is 61.5 Å². The molecule has 1 aliphatic rings. The molecule has 0 bridgehead atoms. The van der Waals surface area contributed by atoms with Crippen LogP contribution in [0.2, 0.25) is 0 Å². The highest BCUT2D eigenvalue weighted by atomic mass is 16.2. The average Bonchev–Trinajstić information content (AvgIpc) is 2.74. The van der Waals surface area contributed by atoms with Crippen LogP contribution in [0.25, 0.3) is 0 Å². The van der Waals surface area contributed by atoms with Gasteiger partial charge in [-0.25, -0.2) is 0 Å². The van der Waals surface area contributed by atoms with Crippen molar-refractivity contribution in [3.05, 3.63) is 71.3 Å². The molecule has 4 nitrogen and oxygen atoms in total. The van der Waals surface area contributed by atoms with Gasteiger partial charge in [-0.2, -0.15) is 0 Å². The van der Waals surface area contributed by atoms with Crippen molar-refractivity contribution in [2.45, 2.75) is 45.6 Å². The van der Waals surface area contributed by atoms with Crippen molar-refractivity contribution in [1.82, 2.24) is 10.2 Å². The summed E-state index contributed by atoms with van der Waals surface area (Å²) in [7, 11) is 0. The lowest BCUT2D eigenvalue weighted by atomic mass is 9.88. The van der Waals surface area contributed by atoms with Crippen LogP contribution < -0.4 is 5.32 Å². The van der Waals surface area contributed by atoms with Crippen LogP contribution in [0.3, 0.4) is 0 Å². The Morgan fingerprint density at radius 1 is 1.00 bits per heavy atom. The highest BCUT2D eigenvalue weighted by molar-refractivity contribution is 5.81. The Morgan fingerprint density at radius 3 is 2.36 bits per heavy atom. The third-order valence-electron chi connectivity index (χ3n) is 5.69. The summed E-state index contributed by atoms with van der Waals surface area (Å²) in [5, 5.41) is 3.05. The molecule has 4 heteroatoms. The SMILES string of the molecule is CCc1ccc([C@H]2CC[C@H](C(=O)NCCc3ccccc3)CN2C(C)=O)cc1. The van der Waals surface area contributed by atoms with Crippen molar-refractivity contribution in [2.75, 3.05) is 13.1 Å². The van der Waals surface area contributed by atoms with Crippen molar-refractivity contribution in [3.8, 4) is 0 Å². The molecule has 3 rings (SSSR count). The van der Waals surface area contributed by atoms with Gasteiger partial charge in [0, 0.05) is 20.0 Å². The Kier molecular flexibility index (Phi) is 6.85. The van der Waals surface area contributed by atoms with Crippen LogP contribution in [0.5, 0.6) is 0 Å². The van der Waals surface area contributed by atoms with Crippen LogP contribution in [0.15, 0.2) is 54.6 Å². The van der Waals surface area contributed by atoms with Gasteiger partial charge in [-0.15, -0.1) is 0 Å². The van der Waals surface area contributed by atoms with E-state index in [0.29, 0.717) is 13.1 Å². The number of carbonyl (C=O) groups is 2. The van der Waals surface area contributed by atoms with Gasteiger partial charge in [0.1, 0.15) is 0 Å². The third kappa shape index (κ3) is 5.00. The summed E-state index contributed by atoms with van der Waals surface area (Å²) in [4.78, 5) is 26.8. The van der Waals surface area contributed by atoms with E-state index >= 15 is 0 Å². The molecule has 0 unspecified atom stereocenters. The summed E-state index contributed by atoms with van der Waals surface area (Å²) in [5.41, 5.74) is 3.67. The third-order valence-corrected chi connectivity index (χ3v) is 5.69. The number of nitrogens with zero attached hydrogens (tertiary/aromatic N) is 1. The van der Waals surface area contributed by atoms with Crippen molar-refractivity contribution in [2.24, 2.45) is 5.92 Å². The number of amides is 2. The molecule has 1 saturated heterocycles. The smallest absolute Gasteiger partial charge is 0.224 e. The van der Waals surface area contributed by atoms with E-state index in [1.165, 1.54) is 11.1 Å². The Hall–Kier alpha value is -2.62. The second-order valence-electron chi connectivity index (χ2n) is 7.58. The summed E-state index contributed by atoms with van der Waals surface area (Å²) < 4.78 is 0. The number of likely N-dealkylation sites (tertiary alicyclic amines) is 1. The van der Waals surface area contributed by atoms with Gasteiger partial charge >= 0.3 is 0 Å². The number of hydrogen-bond acceptors (Lipinski definition) is 2. The fraction of sp³-hybridized carbons (Fsp3) is 0.417. The van der Waals surface area contributed by atoms with Gasteiger partial charge in [0.05, 0.1) is 12.0 Å². The first-order chi connectivity index (χ1) is 13.6. The normalized spacial score (nSPS) is 19.3. The van der Waals surface area contributed by atoms with Gasteiger partial charge < -0.3 is 10.2 Å². The number of carbonyl (C=O) groups excluding carboxylic acids is 2. The van der Waals surface area contributed by atoms with E-state index in [0.717, 1.165) is 31.2 Å². The lowest BCUT2D eigenvalue weighted by molar-refractivity contribution is -0.137. The average molecular weight is 379 g/mol. The van der Waals surface area contributed by atoms with E-state index in [9.17, 15) is 9.59 Å². The van der Waals surface area contributed by atoms with Crippen LogP contribution in [-0.4, -0.2) is 29.8 Å². The summed E-state index contributed by atoms with van der Waals surface area (Å²) in [6.45, 7) is 4.86. The molecule has 0 aliphatic carbocycles. The van der Waals surface area contributed by atoms with Gasteiger partial charge in [0.2, 0.25) is 11.8 Å². The maximum absolute atomic E-state index is 12.6. The highest BCUT2D eigenvalue weighted by Crippen LogP contribution is 2.33. The second-order valence-corrected chi connectivity index (χ2v) is 7.58. The van der Waals surface area contributed by atoms with E-state index in [2.05, 4.69) is 48.6 Å². The maximum Gasteiger partial charge on any atom is 0.224 e. The van der Waals surface area contributed by atoms with E-state index < -0.39 is 0 Å². The van der Waals surface area contributed by atoms with Crippen molar-refractivity contribution in [1.29, 1.82) is 0 Å². The maximum atomic E-state index is 12.6. The molecule has 1 fully saturated rings. The molecule has 148 valence electrons. The first-order valence-corrected chi connectivity index (χ1v) is 10.3.